The highest BCUT2D eigenvalue weighted by Crippen LogP contribution is 2.21. The first-order chi connectivity index (χ1) is 12.1. The topological polar surface area (TPSA) is 81.9 Å². The summed E-state index contributed by atoms with van der Waals surface area (Å²) >= 11 is 0. The van der Waals surface area contributed by atoms with Crippen molar-refractivity contribution in [1.29, 1.82) is 0 Å². The molecule has 0 aliphatic rings. The average molecular weight is 401 g/mol. The summed E-state index contributed by atoms with van der Waals surface area (Å²) in [6.45, 7) is 1.68. The maximum absolute atomic E-state index is 12.9. The van der Waals surface area contributed by atoms with E-state index in [1.165, 1.54) is 4.31 Å². The van der Waals surface area contributed by atoms with Crippen LogP contribution in [0.1, 0.15) is 5.56 Å². The molecule has 0 aliphatic carbocycles. The summed E-state index contributed by atoms with van der Waals surface area (Å²) in [6.07, 6.45) is 0. The number of rotatable bonds is 10. The zero-order valence-corrected chi connectivity index (χ0v) is 16.3. The maximum atomic E-state index is 12.9. The molecule has 0 atom stereocenters. The van der Waals surface area contributed by atoms with Crippen LogP contribution in [-0.2, 0) is 21.3 Å². The summed E-state index contributed by atoms with van der Waals surface area (Å²) in [5.41, 5.74) is 6.53. The largest absolute Gasteiger partial charge is 0.491 e. The monoisotopic (exact) mass is 400 g/mol. The summed E-state index contributed by atoms with van der Waals surface area (Å²) < 4.78 is 37.6. The fourth-order valence-electron chi connectivity index (χ4n) is 2.32. The van der Waals surface area contributed by atoms with Crippen LogP contribution in [0, 0.1) is 0 Å². The van der Waals surface area contributed by atoms with Crippen LogP contribution in [0.4, 0.5) is 0 Å². The molecule has 0 amide bonds. The van der Waals surface area contributed by atoms with Crippen LogP contribution in [0.5, 0.6) is 5.75 Å². The predicted molar refractivity (Wildman–Crippen MR) is 104 cm³/mol. The molecule has 0 bridgehead atoms. The first-order valence-electron chi connectivity index (χ1n) is 8.04. The minimum Gasteiger partial charge on any atom is -0.491 e. The summed E-state index contributed by atoms with van der Waals surface area (Å²) in [7, 11) is -2.04. The van der Waals surface area contributed by atoms with Crippen molar-refractivity contribution < 1.29 is 17.9 Å². The maximum Gasteiger partial charge on any atom is 0.243 e. The van der Waals surface area contributed by atoms with Crippen LogP contribution in [0.15, 0.2) is 59.5 Å². The number of halogens is 1. The Kier molecular flexibility index (Phi) is 9.61. The standard InChI is InChI=1S/C18H24N2O4S.ClH/c1-23-13-14-24-17-7-9-18(10-8-17)25(21,22)20(12-11-19)15-16-5-3-2-4-6-16;/h2-10H,11-15,19H2,1H3;1H. The van der Waals surface area contributed by atoms with Crippen LogP contribution in [0.3, 0.4) is 0 Å². The lowest BCUT2D eigenvalue weighted by atomic mass is 10.2. The molecule has 0 aliphatic heterocycles. The van der Waals surface area contributed by atoms with Crippen LogP contribution >= 0.6 is 12.4 Å². The van der Waals surface area contributed by atoms with Gasteiger partial charge in [0.15, 0.2) is 0 Å². The van der Waals surface area contributed by atoms with Gasteiger partial charge in [-0.25, -0.2) is 8.42 Å². The first-order valence-corrected chi connectivity index (χ1v) is 9.48. The molecule has 0 radical (unpaired) electrons. The van der Waals surface area contributed by atoms with E-state index in [4.69, 9.17) is 15.2 Å². The number of benzene rings is 2. The van der Waals surface area contributed by atoms with E-state index in [1.54, 1.807) is 31.4 Å². The molecule has 0 saturated carbocycles. The lowest BCUT2D eigenvalue weighted by Gasteiger charge is -2.22. The van der Waals surface area contributed by atoms with E-state index in [9.17, 15) is 8.42 Å². The number of sulfonamides is 1. The second-order valence-corrected chi connectivity index (χ2v) is 7.36. The number of nitrogens with two attached hydrogens (primary N) is 1. The predicted octanol–water partition coefficient (Wildman–Crippen LogP) is 2.28. The zero-order valence-electron chi connectivity index (χ0n) is 14.7. The number of hydrogen-bond donors (Lipinski definition) is 1. The molecule has 0 spiro atoms. The third-order valence-electron chi connectivity index (χ3n) is 3.60. The van der Waals surface area contributed by atoms with Crippen LogP contribution in [0.2, 0.25) is 0 Å². The molecule has 8 heteroatoms. The van der Waals surface area contributed by atoms with Gasteiger partial charge in [-0.3, -0.25) is 0 Å². The van der Waals surface area contributed by atoms with Gasteiger partial charge in [-0.1, -0.05) is 30.3 Å². The minimum absolute atomic E-state index is 0. The molecule has 2 aromatic carbocycles. The van der Waals surface area contributed by atoms with Crippen molar-refractivity contribution in [1.82, 2.24) is 4.31 Å². The van der Waals surface area contributed by atoms with Gasteiger partial charge < -0.3 is 15.2 Å². The molecule has 0 saturated heterocycles. The highest BCUT2D eigenvalue weighted by Gasteiger charge is 2.24. The van der Waals surface area contributed by atoms with Crippen LogP contribution in [-0.4, -0.2) is 46.1 Å². The molecule has 0 unspecified atom stereocenters. The van der Waals surface area contributed by atoms with E-state index in [0.717, 1.165) is 5.56 Å². The highest BCUT2D eigenvalue weighted by atomic mass is 35.5. The van der Waals surface area contributed by atoms with E-state index < -0.39 is 10.0 Å². The van der Waals surface area contributed by atoms with Gasteiger partial charge in [0.05, 0.1) is 11.5 Å². The quantitative estimate of drug-likeness (QED) is 0.619. The third-order valence-corrected chi connectivity index (χ3v) is 5.46. The van der Waals surface area contributed by atoms with Crippen molar-refractivity contribution in [2.75, 3.05) is 33.4 Å². The van der Waals surface area contributed by atoms with E-state index in [2.05, 4.69) is 0 Å². The molecule has 0 heterocycles. The Balaban J connectivity index is 0.00000338. The summed E-state index contributed by atoms with van der Waals surface area (Å²) in [5.74, 6) is 0.601. The Hall–Kier alpha value is -1.64. The lowest BCUT2D eigenvalue weighted by molar-refractivity contribution is 0.146. The SMILES string of the molecule is COCCOc1ccc(S(=O)(=O)N(CCN)Cc2ccccc2)cc1.Cl. The van der Waals surface area contributed by atoms with Crippen molar-refractivity contribution in [3.05, 3.63) is 60.2 Å². The van der Waals surface area contributed by atoms with Gasteiger partial charge in [0, 0.05) is 26.7 Å². The Morgan fingerprint density at radius 2 is 1.65 bits per heavy atom. The normalized spacial score (nSPS) is 11.2. The summed E-state index contributed by atoms with van der Waals surface area (Å²) in [5, 5.41) is 0. The van der Waals surface area contributed by atoms with Gasteiger partial charge in [-0.05, 0) is 29.8 Å². The smallest absolute Gasteiger partial charge is 0.243 e. The van der Waals surface area contributed by atoms with Gasteiger partial charge in [0.2, 0.25) is 10.0 Å². The molecule has 2 aromatic rings. The van der Waals surface area contributed by atoms with E-state index in [1.807, 2.05) is 30.3 Å². The number of ether oxygens (including phenoxy) is 2. The van der Waals surface area contributed by atoms with Crippen molar-refractivity contribution in [2.24, 2.45) is 5.73 Å². The Labute approximate surface area is 161 Å². The highest BCUT2D eigenvalue weighted by molar-refractivity contribution is 7.89. The second kappa shape index (κ2) is 11.2. The van der Waals surface area contributed by atoms with E-state index in [-0.39, 0.29) is 36.9 Å². The number of hydrogen-bond acceptors (Lipinski definition) is 5. The van der Waals surface area contributed by atoms with Crippen molar-refractivity contribution in [2.45, 2.75) is 11.4 Å². The molecule has 2 rings (SSSR count). The molecule has 6 nitrogen and oxygen atoms in total. The van der Waals surface area contributed by atoms with Gasteiger partial charge in [0.25, 0.3) is 0 Å². The second-order valence-electron chi connectivity index (χ2n) is 5.43. The molecule has 144 valence electrons. The lowest BCUT2D eigenvalue weighted by Crippen LogP contribution is -2.34. The summed E-state index contributed by atoms with van der Waals surface area (Å²) in [6, 6.07) is 15.8. The zero-order chi connectivity index (χ0) is 18.1. The summed E-state index contributed by atoms with van der Waals surface area (Å²) in [4.78, 5) is 0.218. The number of methoxy groups -OCH3 is 1. The third kappa shape index (κ3) is 6.26. The van der Waals surface area contributed by atoms with Gasteiger partial charge in [-0.15, -0.1) is 12.4 Å². The van der Waals surface area contributed by atoms with E-state index in [0.29, 0.717) is 19.0 Å². The number of nitrogens with zero attached hydrogens (tertiary/aromatic N) is 1. The first kappa shape index (κ1) is 22.4. The fourth-order valence-corrected chi connectivity index (χ4v) is 3.76. The van der Waals surface area contributed by atoms with Crippen molar-refractivity contribution in [3.8, 4) is 5.75 Å². The average Bonchev–Trinajstić information content (AvgIpc) is 2.63. The minimum atomic E-state index is -3.63. The van der Waals surface area contributed by atoms with Gasteiger partial charge >= 0.3 is 0 Å². The molecule has 26 heavy (non-hydrogen) atoms. The molecule has 0 fully saturated rings. The van der Waals surface area contributed by atoms with Crippen LogP contribution in [0.25, 0.3) is 0 Å². The van der Waals surface area contributed by atoms with Crippen molar-refractivity contribution in [3.63, 3.8) is 0 Å². The Morgan fingerprint density at radius 3 is 2.23 bits per heavy atom. The molecular weight excluding hydrogens is 376 g/mol. The Morgan fingerprint density at radius 1 is 1.00 bits per heavy atom. The van der Waals surface area contributed by atoms with Crippen molar-refractivity contribution >= 4 is 22.4 Å². The molecular formula is C18H25ClN2O4S. The fraction of sp³-hybridized carbons (Fsp3) is 0.333. The Bertz CT molecular complexity index is 740. The van der Waals surface area contributed by atoms with Crippen LogP contribution < -0.4 is 10.5 Å². The van der Waals surface area contributed by atoms with Gasteiger partial charge in [0.1, 0.15) is 12.4 Å². The molecule has 2 N–H and O–H groups in total. The van der Waals surface area contributed by atoms with Gasteiger partial charge in [-0.2, -0.15) is 4.31 Å². The molecule has 0 aromatic heterocycles. The van der Waals surface area contributed by atoms with E-state index >= 15 is 0 Å².